The van der Waals surface area contributed by atoms with Crippen molar-refractivity contribution < 1.29 is 19.1 Å². The Kier molecular flexibility index (Phi) is 7.74. The molecule has 0 heterocycles. The SMILES string of the molecule is CC(C)CC(C(=O)OC1CCCCC1)(C(=O)OC1CCCCC1)c1ccccc1. The number of ether oxygens (including phenoxy) is 2. The summed E-state index contributed by atoms with van der Waals surface area (Å²) in [5, 5.41) is 0. The molecule has 0 amide bonds. The van der Waals surface area contributed by atoms with Crippen molar-refractivity contribution in [3.63, 3.8) is 0 Å². The highest BCUT2D eigenvalue weighted by Gasteiger charge is 2.52. The zero-order valence-electron chi connectivity index (χ0n) is 18.0. The number of hydrogen-bond acceptors (Lipinski definition) is 4. The monoisotopic (exact) mass is 400 g/mol. The molecule has 0 aromatic heterocycles. The Hall–Kier alpha value is -1.84. The summed E-state index contributed by atoms with van der Waals surface area (Å²) in [7, 11) is 0. The molecule has 3 rings (SSSR count). The second-order valence-corrected chi connectivity index (χ2v) is 9.20. The first-order valence-electron chi connectivity index (χ1n) is 11.5. The normalized spacial score (nSPS) is 19.1. The van der Waals surface area contributed by atoms with E-state index in [0.717, 1.165) is 51.4 Å². The van der Waals surface area contributed by atoms with Gasteiger partial charge in [0.1, 0.15) is 12.2 Å². The van der Waals surface area contributed by atoms with E-state index < -0.39 is 17.4 Å². The predicted molar refractivity (Wildman–Crippen MR) is 114 cm³/mol. The van der Waals surface area contributed by atoms with Crippen LogP contribution in [0.25, 0.3) is 0 Å². The van der Waals surface area contributed by atoms with Gasteiger partial charge < -0.3 is 9.47 Å². The molecule has 2 fully saturated rings. The highest BCUT2D eigenvalue weighted by molar-refractivity contribution is 6.06. The summed E-state index contributed by atoms with van der Waals surface area (Å²) in [4.78, 5) is 27.3. The molecule has 4 heteroatoms. The van der Waals surface area contributed by atoms with Crippen LogP contribution in [0.4, 0.5) is 0 Å². The molecule has 0 radical (unpaired) electrons. The van der Waals surface area contributed by atoms with Crippen molar-refractivity contribution in [2.75, 3.05) is 0 Å². The molecule has 4 nitrogen and oxygen atoms in total. The van der Waals surface area contributed by atoms with Crippen molar-refractivity contribution in [2.24, 2.45) is 5.92 Å². The molecule has 1 aromatic carbocycles. The van der Waals surface area contributed by atoms with Gasteiger partial charge in [-0.25, -0.2) is 0 Å². The van der Waals surface area contributed by atoms with E-state index in [1.807, 2.05) is 44.2 Å². The number of rotatable bonds is 7. The van der Waals surface area contributed by atoms with E-state index in [1.54, 1.807) is 0 Å². The van der Waals surface area contributed by atoms with Gasteiger partial charge >= 0.3 is 11.9 Å². The van der Waals surface area contributed by atoms with Gasteiger partial charge in [-0.15, -0.1) is 0 Å². The summed E-state index contributed by atoms with van der Waals surface area (Å²) < 4.78 is 12.0. The first kappa shape index (κ1) is 21.9. The van der Waals surface area contributed by atoms with Crippen LogP contribution in [0, 0.1) is 5.92 Å². The van der Waals surface area contributed by atoms with E-state index in [0.29, 0.717) is 12.0 Å². The van der Waals surface area contributed by atoms with Crippen LogP contribution in [-0.4, -0.2) is 24.1 Å². The Labute approximate surface area is 175 Å². The van der Waals surface area contributed by atoms with E-state index in [-0.39, 0.29) is 18.1 Å². The van der Waals surface area contributed by atoms with Gasteiger partial charge in [-0.1, -0.05) is 57.0 Å². The number of benzene rings is 1. The maximum atomic E-state index is 13.6. The number of carbonyl (C=O) groups is 2. The zero-order chi connectivity index (χ0) is 20.7. The van der Waals surface area contributed by atoms with Gasteiger partial charge in [-0.2, -0.15) is 0 Å². The molecule has 2 aliphatic carbocycles. The molecular formula is C25H36O4. The van der Waals surface area contributed by atoms with Crippen molar-refractivity contribution in [2.45, 2.75) is 102 Å². The fourth-order valence-electron chi connectivity index (χ4n) is 4.81. The van der Waals surface area contributed by atoms with Crippen LogP contribution in [0.1, 0.15) is 90.0 Å². The van der Waals surface area contributed by atoms with Crippen LogP contribution in [0.15, 0.2) is 30.3 Å². The number of carbonyl (C=O) groups excluding carboxylic acids is 2. The van der Waals surface area contributed by atoms with Crippen molar-refractivity contribution in [3.05, 3.63) is 35.9 Å². The molecule has 0 unspecified atom stereocenters. The smallest absolute Gasteiger partial charge is 0.328 e. The van der Waals surface area contributed by atoms with E-state index >= 15 is 0 Å². The second kappa shape index (κ2) is 10.3. The Morgan fingerprint density at radius 1 is 0.828 bits per heavy atom. The molecular weight excluding hydrogens is 364 g/mol. The summed E-state index contributed by atoms with van der Waals surface area (Å²) in [5.74, 6) is -0.705. The van der Waals surface area contributed by atoms with E-state index in [4.69, 9.17) is 9.47 Å². The third-order valence-electron chi connectivity index (χ3n) is 6.33. The molecule has 1 aromatic rings. The van der Waals surface area contributed by atoms with Crippen molar-refractivity contribution >= 4 is 11.9 Å². The largest absolute Gasteiger partial charge is 0.461 e. The van der Waals surface area contributed by atoms with Gasteiger partial charge in [0.2, 0.25) is 0 Å². The summed E-state index contributed by atoms with van der Waals surface area (Å²) in [6.07, 6.45) is 10.4. The number of hydrogen-bond donors (Lipinski definition) is 0. The second-order valence-electron chi connectivity index (χ2n) is 9.20. The average molecular weight is 401 g/mol. The Morgan fingerprint density at radius 3 is 1.69 bits per heavy atom. The van der Waals surface area contributed by atoms with Crippen molar-refractivity contribution in [1.29, 1.82) is 0 Å². The lowest BCUT2D eigenvalue weighted by Gasteiger charge is -2.35. The highest BCUT2D eigenvalue weighted by atomic mass is 16.6. The fraction of sp³-hybridized carbons (Fsp3) is 0.680. The van der Waals surface area contributed by atoms with Gasteiger partial charge in [0.05, 0.1) is 0 Å². The minimum Gasteiger partial charge on any atom is -0.461 e. The van der Waals surface area contributed by atoms with E-state index in [1.165, 1.54) is 12.8 Å². The molecule has 0 aliphatic heterocycles. The van der Waals surface area contributed by atoms with Gasteiger partial charge in [-0.05, 0) is 69.3 Å². The Bertz CT molecular complexity index is 623. The molecule has 0 atom stereocenters. The van der Waals surface area contributed by atoms with Crippen LogP contribution in [-0.2, 0) is 24.5 Å². The first-order valence-corrected chi connectivity index (χ1v) is 11.5. The molecule has 160 valence electrons. The van der Waals surface area contributed by atoms with Gasteiger partial charge in [0, 0.05) is 0 Å². The maximum Gasteiger partial charge on any atom is 0.328 e. The highest BCUT2D eigenvalue weighted by Crippen LogP contribution is 2.37. The Balaban J connectivity index is 1.92. The summed E-state index contributed by atoms with van der Waals surface area (Å²) in [6.45, 7) is 4.08. The summed E-state index contributed by atoms with van der Waals surface area (Å²) in [6, 6.07) is 9.40. The lowest BCUT2D eigenvalue weighted by molar-refractivity contribution is -0.174. The topological polar surface area (TPSA) is 52.6 Å². The van der Waals surface area contributed by atoms with E-state index in [9.17, 15) is 9.59 Å². The standard InChI is InChI=1S/C25H36O4/c1-19(2)18-25(20-12-6-3-7-13-20,23(26)28-21-14-8-4-9-15-21)24(27)29-22-16-10-5-11-17-22/h3,6-7,12-13,19,21-22H,4-5,8-11,14-18H2,1-2H3. The summed E-state index contributed by atoms with van der Waals surface area (Å²) >= 11 is 0. The lowest BCUT2D eigenvalue weighted by Crippen LogP contribution is -2.49. The third kappa shape index (κ3) is 5.40. The minimum absolute atomic E-state index is 0.0889. The van der Waals surface area contributed by atoms with Crippen molar-refractivity contribution in [3.8, 4) is 0 Å². The van der Waals surface area contributed by atoms with Crippen LogP contribution in [0.2, 0.25) is 0 Å². The lowest BCUT2D eigenvalue weighted by atomic mass is 9.74. The van der Waals surface area contributed by atoms with Crippen molar-refractivity contribution in [1.82, 2.24) is 0 Å². The fourth-order valence-corrected chi connectivity index (χ4v) is 4.81. The predicted octanol–water partition coefficient (Wildman–Crippen LogP) is 5.72. The maximum absolute atomic E-state index is 13.6. The van der Waals surface area contributed by atoms with Gasteiger partial charge in [0.15, 0.2) is 5.41 Å². The van der Waals surface area contributed by atoms with Crippen LogP contribution < -0.4 is 0 Å². The van der Waals surface area contributed by atoms with Crippen LogP contribution in [0.3, 0.4) is 0 Å². The van der Waals surface area contributed by atoms with Gasteiger partial charge in [0.25, 0.3) is 0 Å². The molecule has 0 saturated heterocycles. The summed E-state index contributed by atoms with van der Waals surface area (Å²) in [5.41, 5.74) is -0.694. The van der Waals surface area contributed by atoms with E-state index in [2.05, 4.69) is 0 Å². The third-order valence-corrected chi connectivity index (χ3v) is 6.33. The average Bonchev–Trinajstić information content (AvgIpc) is 2.74. The van der Waals surface area contributed by atoms with Gasteiger partial charge in [-0.3, -0.25) is 9.59 Å². The molecule has 2 aliphatic rings. The first-order chi connectivity index (χ1) is 14.0. The molecule has 0 spiro atoms. The Morgan fingerprint density at radius 2 is 1.28 bits per heavy atom. The van der Waals surface area contributed by atoms with Crippen LogP contribution >= 0.6 is 0 Å². The molecule has 29 heavy (non-hydrogen) atoms. The van der Waals surface area contributed by atoms with Crippen LogP contribution in [0.5, 0.6) is 0 Å². The molecule has 0 N–H and O–H groups in total. The quantitative estimate of drug-likeness (QED) is 0.434. The minimum atomic E-state index is -1.38. The molecule has 0 bridgehead atoms. The number of esters is 2. The molecule has 2 saturated carbocycles. The zero-order valence-corrected chi connectivity index (χ0v) is 18.0.